The van der Waals surface area contributed by atoms with E-state index in [9.17, 15) is 9.59 Å². The fourth-order valence-corrected chi connectivity index (χ4v) is 2.17. The lowest BCUT2D eigenvalue weighted by molar-refractivity contribution is -0.135. The molecule has 1 unspecified atom stereocenters. The number of hydrogen-bond acceptors (Lipinski definition) is 5. The molecule has 0 saturated carbocycles. The van der Waals surface area contributed by atoms with Crippen LogP contribution in [0, 0.1) is 0 Å². The number of carbonyl (C=O) groups is 2. The molecule has 20 heavy (non-hydrogen) atoms. The van der Waals surface area contributed by atoms with E-state index in [-0.39, 0.29) is 18.4 Å². The van der Waals surface area contributed by atoms with Crippen molar-refractivity contribution in [2.24, 2.45) is 5.73 Å². The van der Waals surface area contributed by atoms with Gasteiger partial charge in [-0.1, -0.05) is 0 Å². The number of hydrogen-bond donors (Lipinski definition) is 1. The standard InChI is InChI=1S/C13H19N3O4/c1-19-9-10(14)12(17)15-4-6-16(7-5-15)13(18)11-3-2-8-20-11/h2-3,8,10H,4-7,9,14H2,1H3. The highest BCUT2D eigenvalue weighted by Gasteiger charge is 2.28. The van der Waals surface area contributed by atoms with Crippen molar-refractivity contribution in [3.05, 3.63) is 24.2 Å². The maximum absolute atomic E-state index is 12.1. The molecule has 110 valence electrons. The van der Waals surface area contributed by atoms with Crippen molar-refractivity contribution in [3.8, 4) is 0 Å². The van der Waals surface area contributed by atoms with Crippen molar-refractivity contribution in [2.45, 2.75) is 6.04 Å². The first-order valence-electron chi connectivity index (χ1n) is 6.49. The van der Waals surface area contributed by atoms with E-state index in [1.807, 2.05) is 0 Å². The van der Waals surface area contributed by atoms with Crippen LogP contribution in [-0.2, 0) is 9.53 Å². The van der Waals surface area contributed by atoms with E-state index in [4.69, 9.17) is 14.9 Å². The van der Waals surface area contributed by atoms with Crippen LogP contribution in [0.5, 0.6) is 0 Å². The Kier molecular flexibility index (Phi) is 4.75. The third kappa shape index (κ3) is 3.17. The second-order valence-corrected chi connectivity index (χ2v) is 4.66. The number of methoxy groups -OCH3 is 1. The van der Waals surface area contributed by atoms with Crippen molar-refractivity contribution in [1.82, 2.24) is 9.80 Å². The van der Waals surface area contributed by atoms with Crippen molar-refractivity contribution >= 4 is 11.8 Å². The van der Waals surface area contributed by atoms with Crippen LogP contribution in [0.4, 0.5) is 0 Å². The fraction of sp³-hybridized carbons (Fsp3) is 0.538. The fourth-order valence-electron chi connectivity index (χ4n) is 2.17. The van der Waals surface area contributed by atoms with Gasteiger partial charge < -0.3 is 24.7 Å². The smallest absolute Gasteiger partial charge is 0.289 e. The van der Waals surface area contributed by atoms with Gasteiger partial charge in [-0.25, -0.2) is 0 Å². The molecule has 0 radical (unpaired) electrons. The van der Waals surface area contributed by atoms with Gasteiger partial charge in [0.2, 0.25) is 5.91 Å². The van der Waals surface area contributed by atoms with Gasteiger partial charge in [-0.15, -0.1) is 0 Å². The highest BCUT2D eigenvalue weighted by molar-refractivity contribution is 5.91. The Balaban J connectivity index is 1.86. The monoisotopic (exact) mass is 281 g/mol. The summed E-state index contributed by atoms with van der Waals surface area (Å²) in [4.78, 5) is 27.4. The van der Waals surface area contributed by atoms with Crippen molar-refractivity contribution in [2.75, 3.05) is 39.9 Å². The molecule has 1 aliphatic heterocycles. The number of rotatable bonds is 4. The summed E-state index contributed by atoms with van der Waals surface area (Å²) in [6, 6.07) is 2.66. The lowest BCUT2D eigenvalue weighted by Gasteiger charge is -2.35. The van der Waals surface area contributed by atoms with Gasteiger partial charge in [0.15, 0.2) is 5.76 Å². The number of ether oxygens (including phenoxy) is 1. The number of amides is 2. The zero-order valence-electron chi connectivity index (χ0n) is 11.4. The van der Waals surface area contributed by atoms with E-state index in [1.54, 1.807) is 21.9 Å². The Morgan fingerprint density at radius 3 is 2.55 bits per heavy atom. The van der Waals surface area contributed by atoms with Crippen LogP contribution in [0.2, 0.25) is 0 Å². The van der Waals surface area contributed by atoms with Crippen LogP contribution in [0.1, 0.15) is 10.6 Å². The van der Waals surface area contributed by atoms with Crippen molar-refractivity contribution in [3.63, 3.8) is 0 Å². The van der Waals surface area contributed by atoms with Gasteiger partial charge in [0, 0.05) is 33.3 Å². The third-order valence-corrected chi connectivity index (χ3v) is 3.27. The quantitative estimate of drug-likeness (QED) is 0.806. The topological polar surface area (TPSA) is 89.0 Å². The molecule has 1 fully saturated rings. The predicted octanol–water partition coefficient (Wildman–Crippen LogP) is -0.462. The maximum atomic E-state index is 12.1. The normalized spacial score (nSPS) is 17.1. The van der Waals surface area contributed by atoms with Gasteiger partial charge in [0.1, 0.15) is 6.04 Å². The lowest BCUT2D eigenvalue weighted by Crippen LogP contribution is -2.55. The molecule has 2 amide bonds. The number of carbonyl (C=O) groups excluding carboxylic acids is 2. The first-order valence-corrected chi connectivity index (χ1v) is 6.49. The molecule has 1 aromatic rings. The Morgan fingerprint density at radius 1 is 1.35 bits per heavy atom. The summed E-state index contributed by atoms with van der Waals surface area (Å²) in [6.07, 6.45) is 1.47. The summed E-state index contributed by atoms with van der Waals surface area (Å²) >= 11 is 0. The molecule has 1 aliphatic rings. The highest BCUT2D eigenvalue weighted by atomic mass is 16.5. The summed E-state index contributed by atoms with van der Waals surface area (Å²) in [7, 11) is 1.51. The molecule has 1 saturated heterocycles. The summed E-state index contributed by atoms with van der Waals surface area (Å²) in [5, 5.41) is 0. The van der Waals surface area contributed by atoms with E-state index in [0.29, 0.717) is 31.9 Å². The minimum Gasteiger partial charge on any atom is -0.459 e. The van der Waals surface area contributed by atoms with Crippen LogP contribution in [0.15, 0.2) is 22.8 Å². The first kappa shape index (κ1) is 14.5. The third-order valence-electron chi connectivity index (χ3n) is 3.27. The number of nitrogens with zero attached hydrogens (tertiary/aromatic N) is 2. The molecule has 2 heterocycles. The number of nitrogens with two attached hydrogens (primary N) is 1. The summed E-state index contributed by atoms with van der Waals surface area (Å²) in [5.41, 5.74) is 5.72. The average Bonchev–Trinajstić information content (AvgIpc) is 3.00. The number of piperazine rings is 1. The van der Waals surface area contributed by atoms with E-state index in [2.05, 4.69) is 0 Å². The molecule has 2 rings (SSSR count). The molecular formula is C13H19N3O4. The van der Waals surface area contributed by atoms with Crippen LogP contribution in [-0.4, -0.2) is 67.6 Å². The van der Waals surface area contributed by atoms with Gasteiger partial charge >= 0.3 is 0 Å². The second kappa shape index (κ2) is 6.53. The van der Waals surface area contributed by atoms with Gasteiger partial charge in [0.25, 0.3) is 5.91 Å². The van der Waals surface area contributed by atoms with Crippen LogP contribution >= 0.6 is 0 Å². The largest absolute Gasteiger partial charge is 0.459 e. The Morgan fingerprint density at radius 2 is 2.00 bits per heavy atom. The molecule has 0 spiro atoms. The van der Waals surface area contributed by atoms with Gasteiger partial charge in [0.05, 0.1) is 12.9 Å². The molecule has 0 aromatic carbocycles. The Hall–Kier alpha value is -1.86. The van der Waals surface area contributed by atoms with Gasteiger partial charge in [-0.2, -0.15) is 0 Å². The van der Waals surface area contributed by atoms with E-state index in [0.717, 1.165) is 0 Å². The SMILES string of the molecule is COCC(N)C(=O)N1CCN(C(=O)c2ccco2)CC1. The van der Waals surface area contributed by atoms with E-state index in [1.165, 1.54) is 13.4 Å². The predicted molar refractivity (Wildman–Crippen MR) is 71.0 cm³/mol. The minimum atomic E-state index is -0.646. The minimum absolute atomic E-state index is 0.142. The highest BCUT2D eigenvalue weighted by Crippen LogP contribution is 2.10. The Bertz CT molecular complexity index is 452. The molecule has 1 aromatic heterocycles. The molecule has 7 heteroatoms. The zero-order chi connectivity index (χ0) is 14.5. The Labute approximate surface area is 117 Å². The number of furan rings is 1. The van der Waals surface area contributed by atoms with Crippen LogP contribution in [0.3, 0.4) is 0 Å². The van der Waals surface area contributed by atoms with Crippen LogP contribution in [0.25, 0.3) is 0 Å². The average molecular weight is 281 g/mol. The maximum Gasteiger partial charge on any atom is 0.289 e. The van der Waals surface area contributed by atoms with Crippen molar-refractivity contribution in [1.29, 1.82) is 0 Å². The second-order valence-electron chi connectivity index (χ2n) is 4.66. The molecule has 1 atom stereocenters. The summed E-state index contributed by atoms with van der Waals surface area (Å²) < 4.78 is 9.96. The molecule has 0 bridgehead atoms. The molecular weight excluding hydrogens is 262 g/mol. The summed E-state index contributed by atoms with van der Waals surface area (Å²) in [5.74, 6) is 0.0288. The summed E-state index contributed by atoms with van der Waals surface area (Å²) in [6.45, 7) is 2.10. The molecule has 0 aliphatic carbocycles. The van der Waals surface area contributed by atoms with Gasteiger partial charge in [-0.05, 0) is 12.1 Å². The molecule has 2 N–H and O–H groups in total. The van der Waals surface area contributed by atoms with Crippen molar-refractivity contribution < 1.29 is 18.7 Å². The zero-order valence-corrected chi connectivity index (χ0v) is 11.4. The molecule has 7 nitrogen and oxygen atoms in total. The van der Waals surface area contributed by atoms with Crippen LogP contribution < -0.4 is 5.73 Å². The van der Waals surface area contributed by atoms with Gasteiger partial charge in [-0.3, -0.25) is 9.59 Å². The van der Waals surface area contributed by atoms with E-state index < -0.39 is 6.04 Å². The lowest BCUT2D eigenvalue weighted by atomic mass is 10.2. The van der Waals surface area contributed by atoms with E-state index >= 15 is 0 Å². The first-order chi connectivity index (χ1) is 9.63.